The second-order valence-electron chi connectivity index (χ2n) is 6.14. The summed E-state index contributed by atoms with van der Waals surface area (Å²) in [6.45, 7) is 2.74. The molecule has 0 spiro atoms. The monoisotopic (exact) mass is 346 g/mol. The van der Waals surface area contributed by atoms with Crippen molar-refractivity contribution in [3.05, 3.63) is 22.4 Å². The van der Waals surface area contributed by atoms with E-state index in [2.05, 4.69) is 5.32 Å². The number of hydrogen-bond acceptors (Lipinski definition) is 4. The van der Waals surface area contributed by atoms with Crippen molar-refractivity contribution in [1.82, 2.24) is 10.2 Å². The molecule has 1 aromatic heterocycles. The lowest BCUT2D eigenvalue weighted by molar-refractivity contribution is -0.127. The number of thiophene rings is 1. The van der Waals surface area contributed by atoms with E-state index >= 15 is 0 Å². The largest absolute Gasteiger partial charge is 0.387 e. The Bertz CT molecular complexity index is 476. The van der Waals surface area contributed by atoms with Crippen LogP contribution in [0, 0.1) is 5.92 Å². The van der Waals surface area contributed by atoms with Crippen LogP contribution in [0.25, 0.3) is 0 Å². The molecule has 2 N–H and O–H groups in total. The van der Waals surface area contributed by atoms with E-state index in [1.165, 1.54) is 11.3 Å². The second-order valence-corrected chi connectivity index (χ2v) is 7.12. The van der Waals surface area contributed by atoms with E-state index in [0.29, 0.717) is 32.4 Å². The third-order valence-electron chi connectivity index (χ3n) is 4.19. The molecular formula is C16H24F2N2O2S. The van der Waals surface area contributed by atoms with E-state index in [1.54, 1.807) is 4.90 Å². The first-order chi connectivity index (χ1) is 11.0. The Kier molecular flexibility index (Phi) is 6.92. The molecule has 1 aliphatic heterocycles. The van der Waals surface area contributed by atoms with Crippen LogP contribution >= 0.6 is 11.3 Å². The van der Waals surface area contributed by atoms with Gasteiger partial charge in [-0.05, 0) is 50.7 Å². The summed E-state index contributed by atoms with van der Waals surface area (Å²) in [5.41, 5.74) is 0. The molecule has 130 valence electrons. The minimum absolute atomic E-state index is 0.0347. The zero-order valence-electron chi connectivity index (χ0n) is 13.3. The lowest BCUT2D eigenvalue weighted by Gasteiger charge is -2.31. The highest BCUT2D eigenvalue weighted by molar-refractivity contribution is 7.10. The molecule has 1 aromatic rings. The molecule has 1 fully saturated rings. The van der Waals surface area contributed by atoms with Gasteiger partial charge in [0.15, 0.2) is 0 Å². The number of amides is 1. The number of likely N-dealkylation sites (tertiary alicyclic amines) is 1. The van der Waals surface area contributed by atoms with Crippen LogP contribution in [0.5, 0.6) is 0 Å². The number of aliphatic hydroxyl groups is 1. The van der Waals surface area contributed by atoms with Crippen molar-refractivity contribution >= 4 is 17.2 Å². The SMILES string of the molecule is C[C@H](C[C@H](O)c1cccs1)NC(=O)C1CCN(CC(F)F)CC1. The molecule has 0 saturated carbocycles. The molecule has 0 unspecified atom stereocenters. The Morgan fingerprint density at radius 3 is 2.74 bits per heavy atom. The van der Waals surface area contributed by atoms with Gasteiger partial charge in [0.2, 0.25) is 5.91 Å². The number of nitrogens with zero attached hydrogens (tertiary/aromatic N) is 1. The lowest BCUT2D eigenvalue weighted by atomic mass is 9.95. The van der Waals surface area contributed by atoms with Crippen molar-refractivity contribution in [3.8, 4) is 0 Å². The minimum atomic E-state index is -2.32. The van der Waals surface area contributed by atoms with Gasteiger partial charge < -0.3 is 10.4 Å². The summed E-state index contributed by atoms with van der Waals surface area (Å²) in [6, 6.07) is 3.64. The maximum Gasteiger partial charge on any atom is 0.251 e. The smallest absolute Gasteiger partial charge is 0.251 e. The molecule has 4 nitrogen and oxygen atoms in total. The lowest BCUT2D eigenvalue weighted by Crippen LogP contribution is -2.44. The van der Waals surface area contributed by atoms with Crippen LogP contribution in [0.15, 0.2) is 17.5 Å². The third-order valence-corrected chi connectivity index (χ3v) is 5.17. The molecule has 2 atom stereocenters. The summed E-state index contributed by atoms with van der Waals surface area (Å²) in [6.07, 6.45) is -1.20. The number of aliphatic hydroxyl groups excluding tert-OH is 1. The summed E-state index contributed by atoms with van der Waals surface area (Å²) in [5, 5.41) is 15.0. The van der Waals surface area contributed by atoms with Gasteiger partial charge in [-0.25, -0.2) is 8.78 Å². The summed E-state index contributed by atoms with van der Waals surface area (Å²) in [7, 11) is 0. The normalized spacial score (nSPS) is 19.7. The van der Waals surface area contributed by atoms with Crippen molar-refractivity contribution in [2.45, 2.75) is 44.8 Å². The van der Waals surface area contributed by atoms with Crippen molar-refractivity contribution < 1.29 is 18.7 Å². The van der Waals surface area contributed by atoms with Gasteiger partial charge in [0.05, 0.1) is 12.6 Å². The average molecular weight is 346 g/mol. The van der Waals surface area contributed by atoms with Crippen LogP contribution in [-0.2, 0) is 4.79 Å². The Morgan fingerprint density at radius 1 is 1.48 bits per heavy atom. The van der Waals surface area contributed by atoms with Crippen LogP contribution in [0.1, 0.15) is 37.2 Å². The highest BCUT2D eigenvalue weighted by Crippen LogP contribution is 2.23. The third kappa shape index (κ3) is 5.82. The Labute approximate surface area is 139 Å². The first kappa shape index (κ1) is 18.3. The average Bonchev–Trinajstić information content (AvgIpc) is 3.01. The van der Waals surface area contributed by atoms with Gasteiger partial charge in [-0.15, -0.1) is 11.3 Å². The highest BCUT2D eigenvalue weighted by Gasteiger charge is 2.27. The topological polar surface area (TPSA) is 52.6 Å². The van der Waals surface area contributed by atoms with Gasteiger partial charge >= 0.3 is 0 Å². The molecular weight excluding hydrogens is 322 g/mol. The zero-order valence-corrected chi connectivity index (χ0v) is 14.1. The summed E-state index contributed by atoms with van der Waals surface area (Å²) in [5.74, 6) is -0.155. The summed E-state index contributed by atoms with van der Waals surface area (Å²) in [4.78, 5) is 14.9. The Hall–Kier alpha value is -1.05. The van der Waals surface area contributed by atoms with Crippen molar-refractivity contribution in [3.63, 3.8) is 0 Å². The Morgan fingerprint density at radius 2 is 2.17 bits per heavy atom. The molecule has 0 aromatic carbocycles. The van der Waals surface area contributed by atoms with Crippen molar-refractivity contribution in [1.29, 1.82) is 0 Å². The van der Waals surface area contributed by atoms with E-state index in [1.807, 2.05) is 24.4 Å². The quantitative estimate of drug-likeness (QED) is 0.798. The van der Waals surface area contributed by atoms with Gasteiger partial charge in [0.25, 0.3) is 6.43 Å². The first-order valence-corrected chi connectivity index (χ1v) is 8.86. The molecule has 7 heteroatoms. The van der Waals surface area contributed by atoms with Gasteiger partial charge in [0.1, 0.15) is 0 Å². The fourth-order valence-electron chi connectivity index (χ4n) is 2.92. The number of hydrogen-bond donors (Lipinski definition) is 2. The maximum absolute atomic E-state index is 12.3. The van der Waals surface area contributed by atoms with Gasteiger partial charge in [-0.1, -0.05) is 6.07 Å². The predicted octanol–water partition coefficient (Wildman–Crippen LogP) is 2.65. The van der Waals surface area contributed by atoms with Crippen LogP contribution in [0.4, 0.5) is 8.78 Å². The first-order valence-electron chi connectivity index (χ1n) is 7.98. The predicted molar refractivity (Wildman–Crippen MR) is 86.7 cm³/mol. The molecule has 0 aliphatic carbocycles. The van der Waals surface area contributed by atoms with E-state index < -0.39 is 12.5 Å². The number of nitrogens with one attached hydrogen (secondary N) is 1. The standard InChI is InChI=1S/C16H24F2N2O2S/c1-11(9-13(21)14-3-2-8-23-14)19-16(22)12-4-6-20(7-5-12)10-15(17)18/h2-3,8,11-13,15,21H,4-7,9-10H2,1H3,(H,19,22)/t11-,13+/m1/s1. The molecule has 2 heterocycles. The number of rotatable bonds is 7. The van der Waals surface area contributed by atoms with E-state index in [4.69, 9.17) is 0 Å². The molecule has 0 bridgehead atoms. The van der Waals surface area contributed by atoms with Gasteiger partial charge in [-0.3, -0.25) is 9.69 Å². The molecule has 0 radical (unpaired) electrons. The van der Waals surface area contributed by atoms with Crippen LogP contribution in [-0.4, -0.2) is 48.0 Å². The minimum Gasteiger partial charge on any atom is -0.387 e. The van der Waals surface area contributed by atoms with Crippen LogP contribution < -0.4 is 5.32 Å². The summed E-state index contributed by atoms with van der Waals surface area (Å²) >= 11 is 1.50. The zero-order chi connectivity index (χ0) is 16.8. The van der Waals surface area contributed by atoms with Crippen molar-refractivity contribution in [2.75, 3.05) is 19.6 Å². The number of piperidine rings is 1. The number of alkyl halides is 2. The van der Waals surface area contributed by atoms with Crippen molar-refractivity contribution in [2.24, 2.45) is 5.92 Å². The van der Waals surface area contributed by atoms with Gasteiger partial charge in [-0.2, -0.15) is 0 Å². The molecule has 1 amide bonds. The van der Waals surface area contributed by atoms with E-state index in [9.17, 15) is 18.7 Å². The molecule has 2 rings (SSSR count). The molecule has 23 heavy (non-hydrogen) atoms. The molecule has 1 aliphatic rings. The molecule has 1 saturated heterocycles. The van der Waals surface area contributed by atoms with Crippen LogP contribution in [0.2, 0.25) is 0 Å². The van der Waals surface area contributed by atoms with E-state index in [0.717, 1.165) is 4.88 Å². The fourth-order valence-corrected chi connectivity index (χ4v) is 3.65. The summed E-state index contributed by atoms with van der Waals surface area (Å²) < 4.78 is 24.7. The Balaban J connectivity index is 1.72. The number of halogens is 2. The van der Waals surface area contributed by atoms with Gasteiger partial charge in [0, 0.05) is 16.8 Å². The fraction of sp³-hybridized carbons (Fsp3) is 0.688. The highest BCUT2D eigenvalue weighted by atomic mass is 32.1. The van der Waals surface area contributed by atoms with Crippen LogP contribution in [0.3, 0.4) is 0 Å². The second kappa shape index (κ2) is 8.70. The number of carbonyl (C=O) groups is 1. The maximum atomic E-state index is 12.3. The van der Waals surface area contributed by atoms with E-state index in [-0.39, 0.29) is 24.4 Å². The number of carbonyl (C=O) groups excluding carboxylic acids is 1.